The lowest BCUT2D eigenvalue weighted by Gasteiger charge is -2.43. The summed E-state index contributed by atoms with van der Waals surface area (Å²) in [7, 11) is 0. The molecule has 2 N–H and O–H groups in total. The fourth-order valence-electron chi connectivity index (χ4n) is 4.88. The number of carbonyl (C=O) groups is 1. The van der Waals surface area contributed by atoms with E-state index in [4.69, 9.17) is 11.6 Å². The number of hydrogen-bond donors (Lipinski definition) is 2. The second-order valence-electron chi connectivity index (χ2n) is 8.71. The molecule has 0 spiro atoms. The lowest BCUT2D eigenvalue weighted by atomic mass is 9.77. The van der Waals surface area contributed by atoms with Gasteiger partial charge >= 0.3 is 0 Å². The summed E-state index contributed by atoms with van der Waals surface area (Å²) in [5.41, 5.74) is 2.46. The maximum Gasteiger partial charge on any atom is 0.152 e. The van der Waals surface area contributed by atoms with E-state index >= 15 is 0 Å². The van der Waals surface area contributed by atoms with Crippen LogP contribution >= 0.6 is 34.7 Å². The van der Waals surface area contributed by atoms with Crippen LogP contribution in [0.25, 0.3) is 0 Å². The molecule has 7 heteroatoms. The molecule has 3 aromatic rings. The Morgan fingerprint density at radius 1 is 1.03 bits per heavy atom. The Labute approximate surface area is 208 Å². The molecule has 3 heterocycles. The smallest absolute Gasteiger partial charge is 0.152 e. The van der Waals surface area contributed by atoms with E-state index in [9.17, 15) is 9.90 Å². The molecule has 33 heavy (non-hydrogen) atoms. The summed E-state index contributed by atoms with van der Waals surface area (Å²) in [6.07, 6.45) is 3.02. The van der Waals surface area contributed by atoms with Gasteiger partial charge in [-0.2, -0.15) is 11.3 Å². The van der Waals surface area contributed by atoms with Gasteiger partial charge < -0.3 is 10.0 Å². The Morgan fingerprint density at radius 2 is 1.79 bits per heavy atom. The Kier molecular flexibility index (Phi) is 6.81. The summed E-state index contributed by atoms with van der Waals surface area (Å²) < 4.78 is 0. The Hall–Kier alpha value is -1.83. The van der Waals surface area contributed by atoms with Crippen molar-refractivity contribution in [1.82, 2.24) is 5.32 Å². The molecule has 3 atom stereocenters. The van der Waals surface area contributed by atoms with Crippen molar-refractivity contribution in [2.75, 3.05) is 18.0 Å². The number of ketones is 1. The zero-order chi connectivity index (χ0) is 22.8. The molecule has 0 amide bonds. The molecule has 0 bridgehead atoms. The number of Topliss-reactive ketones (excluding diaryl/α,β-unsaturated/α-hetero) is 1. The van der Waals surface area contributed by atoms with Gasteiger partial charge in [0.15, 0.2) is 5.78 Å². The average molecular weight is 499 g/mol. The predicted octanol–water partition coefficient (Wildman–Crippen LogP) is 5.68. The minimum Gasteiger partial charge on any atom is -0.377 e. The molecule has 2 aliphatic rings. The van der Waals surface area contributed by atoms with E-state index in [1.165, 1.54) is 36.7 Å². The first-order chi connectivity index (χ1) is 16.1. The fourth-order valence-corrected chi connectivity index (χ4v) is 6.90. The molecule has 3 unspecified atom stereocenters. The second-order valence-corrected chi connectivity index (χ2v) is 11.1. The molecule has 4 nitrogen and oxygen atoms in total. The van der Waals surface area contributed by atoms with E-state index in [2.05, 4.69) is 39.9 Å². The quantitative estimate of drug-likeness (QED) is 0.474. The topological polar surface area (TPSA) is 52.6 Å². The average Bonchev–Trinajstić information content (AvgIpc) is 3.39. The maximum absolute atomic E-state index is 13.5. The number of thiophene rings is 1. The number of carbonyl (C=O) groups excluding carboxylic acids is 1. The molecule has 0 radical (unpaired) electrons. The van der Waals surface area contributed by atoms with Gasteiger partial charge in [-0.1, -0.05) is 35.9 Å². The normalized spacial score (nSPS) is 25.9. The van der Waals surface area contributed by atoms with E-state index < -0.39 is 17.0 Å². The third-order valence-electron chi connectivity index (χ3n) is 6.62. The van der Waals surface area contributed by atoms with E-state index in [1.54, 1.807) is 17.4 Å². The van der Waals surface area contributed by atoms with Gasteiger partial charge in [0.05, 0.1) is 10.6 Å². The summed E-state index contributed by atoms with van der Waals surface area (Å²) in [6, 6.07) is 18.0. The molecule has 2 aliphatic heterocycles. The standard InChI is InChI=1S/C26H27ClN2O2S2/c27-21-6-2-3-7-23(21)33-24-22(30)16-26(28-25(24)31,19-12-15-32-17-19)18-8-10-20(11-9-18)29-13-4-1-5-14-29/h2-3,6-12,15,17,24-25,28,31H,1,4-5,13-14,16H2. The molecule has 2 aromatic carbocycles. The van der Waals surface area contributed by atoms with E-state index in [0.29, 0.717) is 5.02 Å². The van der Waals surface area contributed by atoms with Gasteiger partial charge in [-0.05, 0) is 71.5 Å². The molecule has 0 saturated carbocycles. The lowest BCUT2D eigenvalue weighted by molar-refractivity contribution is -0.125. The molecular weight excluding hydrogens is 472 g/mol. The van der Waals surface area contributed by atoms with Gasteiger partial charge in [0.1, 0.15) is 11.5 Å². The minimum atomic E-state index is -1.01. The van der Waals surface area contributed by atoms with E-state index in [0.717, 1.165) is 29.1 Å². The first kappa shape index (κ1) is 22.9. The molecule has 2 saturated heterocycles. The van der Waals surface area contributed by atoms with Crippen LogP contribution in [-0.4, -0.2) is 35.5 Å². The van der Waals surface area contributed by atoms with Crippen molar-refractivity contribution >= 4 is 46.2 Å². The number of piperidine rings is 2. The number of thioether (sulfide) groups is 1. The monoisotopic (exact) mass is 498 g/mol. The van der Waals surface area contributed by atoms with Crippen LogP contribution in [-0.2, 0) is 10.3 Å². The summed E-state index contributed by atoms with van der Waals surface area (Å²) in [5.74, 6) is 0.0116. The van der Waals surface area contributed by atoms with Gasteiger partial charge in [-0.15, -0.1) is 11.8 Å². The first-order valence-electron chi connectivity index (χ1n) is 11.3. The number of nitrogens with zero attached hydrogens (tertiary/aromatic N) is 1. The van der Waals surface area contributed by atoms with E-state index in [-0.39, 0.29) is 12.2 Å². The van der Waals surface area contributed by atoms with Gasteiger partial charge in [0, 0.05) is 30.1 Å². The SMILES string of the molecule is O=C1CC(c2ccc(N3CCCCC3)cc2)(c2ccsc2)NC(O)C1Sc1ccccc1Cl. The highest BCUT2D eigenvalue weighted by Crippen LogP contribution is 2.43. The Balaban J connectivity index is 1.44. The van der Waals surface area contributed by atoms with E-state index in [1.807, 2.05) is 29.6 Å². The Bertz CT molecular complexity index is 1100. The molecular formula is C26H27ClN2O2S2. The number of nitrogens with one attached hydrogen (secondary N) is 1. The molecule has 0 aliphatic carbocycles. The van der Waals surface area contributed by atoms with Crippen molar-refractivity contribution in [2.24, 2.45) is 0 Å². The van der Waals surface area contributed by atoms with Crippen LogP contribution in [0.2, 0.25) is 5.02 Å². The van der Waals surface area contributed by atoms with Gasteiger partial charge in [-0.25, -0.2) is 0 Å². The van der Waals surface area contributed by atoms with Crippen LogP contribution in [0.15, 0.2) is 70.3 Å². The third-order valence-corrected chi connectivity index (χ3v) is 9.13. The van der Waals surface area contributed by atoms with Crippen molar-refractivity contribution < 1.29 is 9.90 Å². The number of halogens is 1. The number of rotatable bonds is 5. The number of hydrogen-bond acceptors (Lipinski definition) is 6. The van der Waals surface area contributed by atoms with Gasteiger partial charge in [-0.3, -0.25) is 10.1 Å². The number of anilines is 1. The summed E-state index contributed by atoms with van der Waals surface area (Å²) >= 11 is 9.23. The summed E-state index contributed by atoms with van der Waals surface area (Å²) in [6.45, 7) is 2.18. The van der Waals surface area contributed by atoms with Crippen molar-refractivity contribution in [2.45, 2.75) is 47.6 Å². The minimum absolute atomic E-state index is 0.0116. The molecule has 5 rings (SSSR count). The van der Waals surface area contributed by atoms with Crippen LogP contribution in [0.5, 0.6) is 0 Å². The van der Waals surface area contributed by atoms with Crippen LogP contribution < -0.4 is 10.2 Å². The third kappa shape index (κ3) is 4.60. The van der Waals surface area contributed by atoms with Crippen molar-refractivity contribution in [3.8, 4) is 0 Å². The first-order valence-corrected chi connectivity index (χ1v) is 13.5. The van der Waals surface area contributed by atoms with Crippen LogP contribution in [0, 0.1) is 0 Å². The van der Waals surface area contributed by atoms with Gasteiger partial charge in [0.25, 0.3) is 0 Å². The lowest BCUT2D eigenvalue weighted by Crippen LogP contribution is -2.60. The van der Waals surface area contributed by atoms with Crippen LogP contribution in [0.3, 0.4) is 0 Å². The highest BCUT2D eigenvalue weighted by molar-refractivity contribution is 8.00. The predicted molar refractivity (Wildman–Crippen MR) is 137 cm³/mol. The van der Waals surface area contributed by atoms with Crippen LogP contribution in [0.4, 0.5) is 5.69 Å². The van der Waals surface area contributed by atoms with Crippen molar-refractivity contribution in [3.05, 3.63) is 81.5 Å². The van der Waals surface area contributed by atoms with Crippen LogP contribution in [0.1, 0.15) is 36.8 Å². The zero-order valence-electron chi connectivity index (χ0n) is 18.2. The fraction of sp³-hybridized carbons (Fsp3) is 0.346. The Morgan fingerprint density at radius 3 is 2.45 bits per heavy atom. The number of aliphatic hydroxyl groups excluding tert-OH is 1. The summed E-state index contributed by atoms with van der Waals surface area (Å²) in [4.78, 5) is 16.7. The maximum atomic E-state index is 13.5. The number of benzene rings is 2. The van der Waals surface area contributed by atoms with Crippen molar-refractivity contribution in [1.29, 1.82) is 0 Å². The number of aliphatic hydroxyl groups is 1. The second kappa shape index (κ2) is 9.80. The molecule has 2 fully saturated rings. The highest BCUT2D eigenvalue weighted by atomic mass is 35.5. The van der Waals surface area contributed by atoms with Crippen molar-refractivity contribution in [3.63, 3.8) is 0 Å². The zero-order valence-corrected chi connectivity index (χ0v) is 20.6. The summed E-state index contributed by atoms with van der Waals surface area (Å²) in [5, 5.41) is 18.6. The van der Waals surface area contributed by atoms with Gasteiger partial charge in [0.2, 0.25) is 0 Å². The molecule has 172 valence electrons. The largest absolute Gasteiger partial charge is 0.377 e. The highest BCUT2D eigenvalue weighted by Gasteiger charge is 2.47. The molecule has 1 aromatic heterocycles.